The Hall–Kier alpha value is -1.61. The first-order valence-corrected chi connectivity index (χ1v) is 11.3. The molecule has 0 aliphatic heterocycles. The molecule has 27 heavy (non-hydrogen) atoms. The first kappa shape index (κ1) is 23.4. The predicted molar refractivity (Wildman–Crippen MR) is 105 cm³/mol. The molecule has 0 spiro atoms. The Labute approximate surface area is 169 Å². The highest BCUT2D eigenvalue weighted by Gasteiger charge is 2.41. The van der Waals surface area contributed by atoms with E-state index in [9.17, 15) is 18.0 Å². The molecule has 152 valence electrons. The number of nitrogens with zero attached hydrogens (tertiary/aromatic N) is 1. The molecule has 9 heteroatoms. The third-order valence-corrected chi connectivity index (χ3v) is 6.06. The van der Waals surface area contributed by atoms with Gasteiger partial charge >= 0.3 is 12.1 Å². The van der Waals surface area contributed by atoms with Crippen LogP contribution in [0.4, 0.5) is 4.79 Å². The van der Waals surface area contributed by atoms with Crippen molar-refractivity contribution in [1.29, 1.82) is 0 Å². The number of esters is 1. The lowest BCUT2D eigenvalue weighted by Crippen LogP contribution is -2.50. The van der Waals surface area contributed by atoms with Gasteiger partial charge < -0.3 is 9.47 Å². The van der Waals surface area contributed by atoms with Crippen molar-refractivity contribution in [1.82, 2.24) is 4.31 Å². The maximum absolute atomic E-state index is 13.2. The minimum Gasteiger partial charge on any atom is -0.464 e. The summed E-state index contributed by atoms with van der Waals surface area (Å²) in [6, 6.07) is 4.76. The lowest BCUT2D eigenvalue weighted by molar-refractivity contribution is -0.147. The van der Waals surface area contributed by atoms with Crippen LogP contribution in [0.5, 0.6) is 0 Å². The van der Waals surface area contributed by atoms with Gasteiger partial charge in [0.1, 0.15) is 6.04 Å². The fourth-order valence-corrected chi connectivity index (χ4v) is 4.25. The summed E-state index contributed by atoms with van der Waals surface area (Å²) in [5, 5.41) is 0.563. The molecule has 0 heterocycles. The summed E-state index contributed by atoms with van der Waals surface area (Å²) in [4.78, 5) is 24.9. The number of sulfonamides is 1. The van der Waals surface area contributed by atoms with Gasteiger partial charge in [-0.2, -0.15) is 4.31 Å². The van der Waals surface area contributed by atoms with E-state index in [1.807, 2.05) is 13.8 Å². The molecule has 0 aromatic heterocycles. The van der Waals surface area contributed by atoms with E-state index in [0.29, 0.717) is 9.64 Å². The highest BCUT2D eigenvalue weighted by atomic mass is 79.9. The molecular weight excluding hydrogens is 438 g/mol. The van der Waals surface area contributed by atoms with Crippen LogP contribution in [0.2, 0.25) is 0 Å². The third-order valence-electron chi connectivity index (χ3n) is 3.62. The first-order valence-electron chi connectivity index (χ1n) is 8.71. The van der Waals surface area contributed by atoms with Gasteiger partial charge in [0, 0.05) is 5.33 Å². The maximum Gasteiger partial charge on any atom is 0.424 e. The zero-order chi connectivity index (χ0) is 20.6. The summed E-state index contributed by atoms with van der Waals surface area (Å²) in [6.07, 6.45) is -0.975. The van der Waals surface area contributed by atoms with Crippen LogP contribution in [0.15, 0.2) is 29.2 Å². The molecule has 1 amide bonds. The number of hydrogen-bond donors (Lipinski definition) is 0. The van der Waals surface area contributed by atoms with E-state index < -0.39 is 28.1 Å². The molecule has 0 aliphatic rings. The second-order valence-electron chi connectivity index (χ2n) is 6.17. The van der Waals surface area contributed by atoms with Crippen molar-refractivity contribution < 1.29 is 27.5 Å². The second-order valence-corrected chi connectivity index (χ2v) is 8.55. The topological polar surface area (TPSA) is 90.0 Å². The number of rotatable bonds is 9. The SMILES string of the molecule is CCOC(=O)[C@H](CC(C)C)N(C(=O)OCC)S(=O)(=O)c1ccc(CBr)cc1. The number of halogens is 1. The van der Waals surface area contributed by atoms with Crippen LogP contribution < -0.4 is 0 Å². The number of carbonyl (C=O) groups excluding carboxylic acids is 2. The Balaban J connectivity index is 3.46. The minimum absolute atomic E-state index is 0.0232. The van der Waals surface area contributed by atoms with Crippen molar-refractivity contribution in [2.24, 2.45) is 5.92 Å². The van der Waals surface area contributed by atoms with Crippen LogP contribution in [-0.4, -0.2) is 44.0 Å². The van der Waals surface area contributed by atoms with Crippen LogP contribution >= 0.6 is 15.9 Å². The minimum atomic E-state index is -4.31. The number of carbonyl (C=O) groups is 2. The number of benzene rings is 1. The van der Waals surface area contributed by atoms with E-state index in [1.54, 1.807) is 26.0 Å². The average molecular weight is 464 g/mol. The van der Waals surface area contributed by atoms with Gasteiger partial charge in [-0.3, -0.25) is 0 Å². The summed E-state index contributed by atoms with van der Waals surface area (Å²) < 4.78 is 36.8. The molecule has 0 unspecified atom stereocenters. The van der Waals surface area contributed by atoms with Crippen LogP contribution in [0, 0.1) is 5.92 Å². The van der Waals surface area contributed by atoms with Crippen molar-refractivity contribution in [2.75, 3.05) is 13.2 Å². The fraction of sp³-hybridized carbons (Fsp3) is 0.556. The van der Waals surface area contributed by atoms with E-state index >= 15 is 0 Å². The first-order chi connectivity index (χ1) is 12.7. The molecule has 1 rings (SSSR count). The fourth-order valence-electron chi connectivity index (χ4n) is 2.42. The third kappa shape index (κ3) is 6.21. The molecule has 1 aromatic carbocycles. The molecule has 0 saturated heterocycles. The Morgan fingerprint density at radius 1 is 1.07 bits per heavy atom. The molecule has 0 N–H and O–H groups in total. The lowest BCUT2D eigenvalue weighted by atomic mass is 10.0. The molecule has 7 nitrogen and oxygen atoms in total. The zero-order valence-corrected chi connectivity index (χ0v) is 18.4. The average Bonchev–Trinajstić information content (AvgIpc) is 2.61. The van der Waals surface area contributed by atoms with E-state index in [4.69, 9.17) is 9.47 Å². The van der Waals surface area contributed by atoms with Crippen molar-refractivity contribution in [2.45, 2.75) is 50.4 Å². The van der Waals surface area contributed by atoms with Gasteiger partial charge in [0.05, 0.1) is 18.1 Å². The van der Waals surface area contributed by atoms with Gasteiger partial charge in [0.25, 0.3) is 10.0 Å². The van der Waals surface area contributed by atoms with E-state index in [0.717, 1.165) is 5.56 Å². The Morgan fingerprint density at radius 2 is 1.63 bits per heavy atom. The quantitative estimate of drug-likeness (QED) is 0.409. The summed E-state index contributed by atoms with van der Waals surface area (Å²) >= 11 is 3.30. The molecule has 1 aromatic rings. The number of hydrogen-bond acceptors (Lipinski definition) is 6. The van der Waals surface area contributed by atoms with Crippen molar-refractivity contribution in [3.63, 3.8) is 0 Å². The van der Waals surface area contributed by atoms with Crippen molar-refractivity contribution in [3.05, 3.63) is 29.8 Å². The van der Waals surface area contributed by atoms with Gasteiger partial charge in [-0.1, -0.05) is 41.9 Å². The van der Waals surface area contributed by atoms with E-state index in [-0.39, 0.29) is 30.4 Å². The van der Waals surface area contributed by atoms with Gasteiger partial charge in [0.2, 0.25) is 0 Å². The van der Waals surface area contributed by atoms with Crippen molar-refractivity contribution >= 4 is 38.0 Å². The highest BCUT2D eigenvalue weighted by molar-refractivity contribution is 9.08. The molecule has 0 saturated carbocycles. The zero-order valence-electron chi connectivity index (χ0n) is 16.0. The van der Waals surface area contributed by atoms with Crippen LogP contribution in [0.1, 0.15) is 39.7 Å². The predicted octanol–water partition coefficient (Wildman–Crippen LogP) is 3.71. The monoisotopic (exact) mass is 463 g/mol. The molecule has 0 bridgehead atoms. The Kier molecular flexibility index (Phi) is 9.25. The van der Waals surface area contributed by atoms with E-state index in [2.05, 4.69) is 15.9 Å². The van der Waals surface area contributed by atoms with E-state index in [1.165, 1.54) is 12.1 Å². The molecular formula is C18H26BrNO6S. The molecule has 0 radical (unpaired) electrons. The molecule has 0 aliphatic carbocycles. The lowest BCUT2D eigenvalue weighted by Gasteiger charge is -2.29. The number of alkyl halides is 1. The second kappa shape index (κ2) is 10.7. The van der Waals surface area contributed by atoms with Gasteiger partial charge in [-0.25, -0.2) is 18.0 Å². The summed E-state index contributed by atoms with van der Waals surface area (Å²) in [6.45, 7) is 6.89. The smallest absolute Gasteiger partial charge is 0.424 e. The van der Waals surface area contributed by atoms with Crippen LogP contribution in [0.3, 0.4) is 0 Å². The standard InChI is InChI=1S/C18H26BrNO6S/c1-5-25-17(21)16(11-13(3)4)20(18(22)26-6-2)27(23,24)15-9-7-14(12-19)8-10-15/h7-10,13,16H,5-6,11-12H2,1-4H3/t16-/m0/s1. The van der Waals surface area contributed by atoms with Crippen LogP contribution in [0.25, 0.3) is 0 Å². The Bertz CT molecular complexity index is 733. The highest BCUT2D eigenvalue weighted by Crippen LogP contribution is 2.25. The summed E-state index contributed by atoms with van der Waals surface area (Å²) in [7, 11) is -4.31. The summed E-state index contributed by atoms with van der Waals surface area (Å²) in [5.74, 6) is -0.831. The van der Waals surface area contributed by atoms with Crippen molar-refractivity contribution in [3.8, 4) is 0 Å². The van der Waals surface area contributed by atoms with Crippen LogP contribution in [-0.2, 0) is 29.6 Å². The largest absolute Gasteiger partial charge is 0.464 e. The normalized spacial score (nSPS) is 12.5. The van der Waals surface area contributed by atoms with Gasteiger partial charge in [-0.05, 0) is 43.9 Å². The molecule has 0 fully saturated rings. The van der Waals surface area contributed by atoms with Gasteiger partial charge in [-0.15, -0.1) is 0 Å². The molecule has 1 atom stereocenters. The number of ether oxygens (including phenoxy) is 2. The summed E-state index contributed by atoms with van der Waals surface area (Å²) in [5.41, 5.74) is 0.876. The Morgan fingerprint density at radius 3 is 2.07 bits per heavy atom. The van der Waals surface area contributed by atoms with Gasteiger partial charge in [0.15, 0.2) is 0 Å². The number of amides is 1. The maximum atomic E-state index is 13.2.